The van der Waals surface area contributed by atoms with E-state index in [4.69, 9.17) is 42.9 Å². The zero-order chi connectivity index (χ0) is 47.9. The van der Waals surface area contributed by atoms with Gasteiger partial charge in [-0.1, -0.05) is 6.92 Å². The Kier molecular flexibility index (Phi) is 13.3. The number of aliphatic hydroxyl groups is 1. The summed E-state index contributed by atoms with van der Waals surface area (Å²) >= 11 is 0. The Bertz CT molecular complexity index is 2360. The lowest BCUT2D eigenvalue weighted by Crippen LogP contribution is -2.46. The summed E-state index contributed by atoms with van der Waals surface area (Å²) in [6.07, 6.45) is 2.79. The number of esters is 2. The predicted octanol–water partition coefficient (Wildman–Crippen LogP) is 7.03. The van der Waals surface area contributed by atoms with Crippen LogP contribution in [0.5, 0.6) is 23.0 Å². The van der Waals surface area contributed by atoms with E-state index in [0.717, 1.165) is 56.5 Å². The molecular weight excluding hydrogens is 853 g/mol. The van der Waals surface area contributed by atoms with E-state index in [-0.39, 0.29) is 26.1 Å². The van der Waals surface area contributed by atoms with Gasteiger partial charge in [-0.25, -0.2) is 29.1 Å². The van der Waals surface area contributed by atoms with E-state index in [0.29, 0.717) is 49.3 Å². The molecule has 2 fully saturated rings. The number of aliphatic hydroxyl groups excluding tert-OH is 1. The van der Waals surface area contributed by atoms with Crippen LogP contribution in [0.25, 0.3) is 21.8 Å². The fourth-order valence-electron chi connectivity index (χ4n) is 9.40. The number of likely N-dealkylation sites (tertiary alicyclic amines) is 2. The van der Waals surface area contributed by atoms with E-state index in [1.807, 2.05) is 43.3 Å². The monoisotopic (exact) mass is 914 g/mol. The minimum absolute atomic E-state index is 0.169. The lowest BCUT2D eigenvalue weighted by Gasteiger charge is -2.37. The number of carbonyl (C=O) groups is 4. The Labute approximate surface area is 384 Å². The van der Waals surface area contributed by atoms with Crippen LogP contribution in [0.3, 0.4) is 0 Å². The number of ether oxygens (including phenoxy) is 8. The van der Waals surface area contributed by atoms with Crippen molar-refractivity contribution < 1.29 is 62.2 Å². The molecule has 1 N–H and O–H groups in total. The lowest BCUT2D eigenvalue weighted by molar-refractivity contribution is -0.146. The number of hydrogen-bond donors (Lipinski definition) is 1. The SMILES string of the molecule is CCc1nc2ccc(OC)cc2c2c1O[C@]1(CC2)C[C@@H](C(=O)OC)N(C(=O)OC(C)(C)C)C1.COC(=O)[C@@H]1C[C@]2(CCc3c(c(CO)nc4ccc(OC)cc34)O2)CN1C(=O)OC(C)(C)C. The zero-order valence-corrected chi connectivity index (χ0v) is 39.8. The van der Waals surface area contributed by atoms with Gasteiger partial charge in [-0.3, -0.25) is 9.80 Å². The Morgan fingerprint density at radius 1 is 0.682 bits per heavy atom. The highest BCUT2D eigenvalue weighted by molar-refractivity contribution is 5.88. The average molecular weight is 915 g/mol. The van der Waals surface area contributed by atoms with Crippen LogP contribution in [-0.4, -0.2) is 125 Å². The molecule has 2 spiro atoms. The summed E-state index contributed by atoms with van der Waals surface area (Å²) in [7, 11) is 5.87. The first kappa shape index (κ1) is 47.9. The molecule has 0 saturated carbocycles. The van der Waals surface area contributed by atoms with Gasteiger partial charge in [-0.2, -0.15) is 0 Å². The Morgan fingerprint density at radius 2 is 1.09 bits per heavy atom. The number of hydrogen-bond acceptors (Lipinski definition) is 15. The van der Waals surface area contributed by atoms with E-state index >= 15 is 0 Å². The van der Waals surface area contributed by atoms with Crippen molar-refractivity contribution in [3.8, 4) is 23.0 Å². The number of carbonyl (C=O) groups excluding carboxylic acids is 4. The van der Waals surface area contributed by atoms with E-state index in [2.05, 4.69) is 4.98 Å². The summed E-state index contributed by atoms with van der Waals surface area (Å²) in [4.78, 5) is 63.2. The second-order valence-corrected chi connectivity index (χ2v) is 19.3. The van der Waals surface area contributed by atoms with Gasteiger partial charge in [0.2, 0.25) is 0 Å². The van der Waals surface area contributed by atoms with Gasteiger partial charge < -0.3 is 43.0 Å². The number of methoxy groups -OCH3 is 4. The van der Waals surface area contributed by atoms with E-state index in [9.17, 15) is 24.3 Å². The Morgan fingerprint density at radius 3 is 1.45 bits per heavy atom. The first-order valence-corrected chi connectivity index (χ1v) is 22.3. The standard InChI is InChI=1S/C25H32N2O6.C24H30N2O7/c1-7-18-21-16(17-12-15(30-5)8-9-19(17)26-18)10-11-25(32-21)13-20(22(28)31-6)27(14-25)23(29)33-24(2,3)4;1-23(2,3)33-22(29)26-13-24(11-19(26)21(28)31-5)9-8-15-16-10-14(30-4)6-7-17(16)25-18(12-27)20(15)32-24/h8-9,12,20H,7,10-11,13-14H2,1-6H3;6-7,10,19,27H,8-9,11-13H2,1-5H3/t20-,25+;19-,24+/m00/s1. The van der Waals surface area contributed by atoms with Crippen molar-refractivity contribution in [2.75, 3.05) is 41.5 Å². The van der Waals surface area contributed by atoms with Crippen molar-refractivity contribution >= 4 is 45.9 Å². The molecule has 2 aromatic carbocycles. The fraction of sp³-hybridized carbons (Fsp3) is 0.551. The van der Waals surface area contributed by atoms with Crippen molar-refractivity contribution in [3.05, 3.63) is 58.9 Å². The first-order valence-electron chi connectivity index (χ1n) is 22.3. The van der Waals surface area contributed by atoms with Gasteiger partial charge in [0.1, 0.15) is 63.2 Å². The van der Waals surface area contributed by atoms with Crippen LogP contribution >= 0.6 is 0 Å². The largest absolute Gasteiger partial charge is 0.497 e. The van der Waals surface area contributed by atoms with Crippen molar-refractivity contribution in [1.82, 2.24) is 19.8 Å². The summed E-state index contributed by atoms with van der Waals surface area (Å²) in [5.41, 5.74) is 2.05. The molecule has 4 atom stereocenters. The minimum atomic E-state index is -0.822. The highest BCUT2D eigenvalue weighted by Crippen LogP contribution is 2.47. The maximum absolute atomic E-state index is 12.9. The molecule has 8 rings (SSSR count). The Hall–Kier alpha value is -6.10. The molecule has 66 heavy (non-hydrogen) atoms. The van der Waals surface area contributed by atoms with E-state index in [1.165, 1.54) is 24.0 Å². The molecule has 0 aliphatic carbocycles. The maximum Gasteiger partial charge on any atom is 0.411 e. The molecule has 2 amide bonds. The topological polar surface area (TPSA) is 195 Å². The molecule has 4 aliphatic heterocycles. The molecule has 17 heteroatoms. The van der Waals surface area contributed by atoms with E-state index < -0.39 is 58.6 Å². The van der Waals surface area contributed by atoms with Gasteiger partial charge in [0.15, 0.2) is 0 Å². The molecule has 0 unspecified atom stereocenters. The molecule has 0 bridgehead atoms. The summed E-state index contributed by atoms with van der Waals surface area (Å²) in [6.45, 7) is 12.9. The minimum Gasteiger partial charge on any atom is -0.497 e. The van der Waals surface area contributed by atoms with Crippen molar-refractivity contribution in [2.45, 2.75) is 135 Å². The van der Waals surface area contributed by atoms with Crippen molar-refractivity contribution in [3.63, 3.8) is 0 Å². The summed E-state index contributed by atoms with van der Waals surface area (Å²) in [5.74, 6) is 1.73. The number of aryl methyl sites for hydroxylation is 3. The van der Waals surface area contributed by atoms with E-state index in [1.54, 1.807) is 55.8 Å². The Balaban J connectivity index is 0.000000196. The predicted molar refractivity (Wildman–Crippen MR) is 242 cm³/mol. The smallest absolute Gasteiger partial charge is 0.411 e. The number of aromatic nitrogens is 2. The highest BCUT2D eigenvalue weighted by Gasteiger charge is 2.55. The number of nitrogens with zero attached hydrogens (tertiary/aromatic N) is 4. The van der Waals surface area contributed by atoms with Gasteiger partial charge in [-0.05, 0) is 110 Å². The van der Waals surface area contributed by atoms with Crippen LogP contribution in [0.2, 0.25) is 0 Å². The third kappa shape index (κ3) is 9.58. The molecule has 6 heterocycles. The summed E-state index contributed by atoms with van der Waals surface area (Å²) in [6, 6.07) is 9.86. The molecule has 4 aliphatic rings. The third-order valence-corrected chi connectivity index (χ3v) is 12.4. The van der Waals surface area contributed by atoms with Crippen LogP contribution in [-0.2, 0) is 54.4 Å². The molecule has 356 valence electrons. The van der Waals surface area contributed by atoms with Crippen LogP contribution in [0.15, 0.2) is 36.4 Å². The van der Waals surface area contributed by atoms with Crippen molar-refractivity contribution in [2.24, 2.45) is 0 Å². The van der Waals surface area contributed by atoms with Crippen LogP contribution < -0.4 is 18.9 Å². The quantitative estimate of drug-likeness (QED) is 0.153. The normalized spacial score (nSPS) is 22.1. The first-order chi connectivity index (χ1) is 31.2. The number of amides is 2. The molecule has 2 saturated heterocycles. The molecule has 0 radical (unpaired) electrons. The number of benzene rings is 2. The zero-order valence-electron chi connectivity index (χ0n) is 39.8. The van der Waals surface area contributed by atoms with Crippen molar-refractivity contribution in [1.29, 1.82) is 0 Å². The molecular formula is C49H62N4O13. The highest BCUT2D eigenvalue weighted by atomic mass is 16.6. The molecule has 2 aromatic heterocycles. The van der Waals surface area contributed by atoms with Crippen LogP contribution in [0.4, 0.5) is 9.59 Å². The van der Waals surface area contributed by atoms with Gasteiger partial charge >= 0.3 is 24.1 Å². The average Bonchev–Trinajstić information content (AvgIpc) is 3.85. The van der Waals surface area contributed by atoms with Gasteiger partial charge in [0.25, 0.3) is 0 Å². The molecule has 17 nitrogen and oxygen atoms in total. The molecule has 4 aromatic rings. The fourth-order valence-corrected chi connectivity index (χ4v) is 9.40. The van der Waals surface area contributed by atoms with Gasteiger partial charge in [0.05, 0.1) is 64.9 Å². The van der Waals surface area contributed by atoms with Crippen LogP contribution in [0, 0.1) is 0 Å². The number of fused-ring (bicyclic) bond motifs is 6. The number of pyridine rings is 2. The second kappa shape index (κ2) is 18.3. The third-order valence-electron chi connectivity index (χ3n) is 12.4. The lowest BCUT2D eigenvalue weighted by atomic mass is 9.87. The number of rotatable bonds is 6. The van der Waals surface area contributed by atoms with Gasteiger partial charge in [0, 0.05) is 34.7 Å². The van der Waals surface area contributed by atoms with Crippen LogP contribution in [0.1, 0.15) is 96.7 Å². The second-order valence-electron chi connectivity index (χ2n) is 19.3. The summed E-state index contributed by atoms with van der Waals surface area (Å²) in [5, 5.41) is 11.9. The maximum atomic E-state index is 12.9. The van der Waals surface area contributed by atoms with Gasteiger partial charge in [-0.15, -0.1) is 0 Å². The summed E-state index contributed by atoms with van der Waals surface area (Å²) < 4.78 is 45.0.